The maximum absolute atomic E-state index is 9.36. The van der Waals surface area contributed by atoms with Crippen molar-refractivity contribution in [3.05, 3.63) is 12.2 Å². The molecule has 23 heavy (non-hydrogen) atoms. The summed E-state index contributed by atoms with van der Waals surface area (Å²) in [7, 11) is 1.81. The first-order chi connectivity index (χ1) is 11.2. The summed E-state index contributed by atoms with van der Waals surface area (Å²) in [5.74, 6) is 1.92. The third-order valence-corrected chi connectivity index (χ3v) is 5.31. The smallest absolute Gasteiger partial charge is 0.191 e. The van der Waals surface area contributed by atoms with E-state index in [9.17, 15) is 5.11 Å². The number of fused-ring (bicyclic) bond motifs is 1. The van der Waals surface area contributed by atoms with Crippen LogP contribution in [0.2, 0.25) is 0 Å². The first-order valence-corrected chi connectivity index (χ1v) is 8.69. The molecule has 1 saturated carbocycles. The molecule has 0 radical (unpaired) electrons. The van der Waals surface area contributed by atoms with E-state index in [4.69, 9.17) is 0 Å². The van der Waals surface area contributed by atoms with E-state index in [2.05, 4.69) is 25.7 Å². The second-order valence-corrected chi connectivity index (χ2v) is 6.84. The first-order valence-electron chi connectivity index (χ1n) is 8.69. The normalized spacial score (nSPS) is 23.6. The molecule has 1 atom stereocenters. The summed E-state index contributed by atoms with van der Waals surface area (Å²) in [4.78, 5) is 8.63. The van der Waals surface area contributed by atoms with Crippen molar-refractivity contribution in [2.45, 2.75) is 57.5 Å². The van der Waals surface area contributed by atoms with E-state index in [0.717, 1.165) is 44.1 Å². The third-order valence-electron chi connectivity index (χ3n) is 5.31. The highest BCUT2D eigenvalue weighted by Gasteiger charge is 2.33. The van der Waals surface area contributed by atoms with E-state index in [-0.39, 0.29) is 12.0 Å². The molecule has 0 saturated heterocycles. The Labute approximate surface area is 137 Å². The van der Waals surface area contributed by atoms with Crippen molar-refractivity contribution >= 4 is 5.96 Å². The largest absolute Gasteiger partial charge is 0.396 e. The molecule has 3 rings (SSSR count). The fourth-order valence-corrected chi connectivity index (χ4v) is 3.89. The Morgan fingerprint density at radius 2 is 2.30 bits per heavy atom. The topological polar surface area (TPSA) is 87.4 Å². The van der Waals surface area contributed by atoms with Gasteiger partial charge >= 0.3 is 0 Å². The van der Waals surface area contributed by atoms with E-state index >= 15 is 0 Å². The fourth-order valence-electron chi connectivity index (χ4n) is 3.89. The van der Waals surface area contributed by atoms with Crippen LogP contribution in [0.4, 0.5) is 0 Å². The molecule has 1 aromatic rings. The second-order valence-electron chi connectivity index (χ2n) is 6.84. The fraction of sp³-hybridized carbons (Fsp3) is 0.812. The summed E-state index contributed by atoms with van der Waals surface area (Å²) in [6.07, 6.45) is 9.43. The summed E-state index contributed by atoms with van der Waals surface area (Å²) in [6, 6.07) is 0.327. The van der Waals surface area contributed by atoms with Crippen molar-refractivity contribution in [3.8, 4) is 0 Å². The number of nitrogens with zero attached hydrogens (tertiary/aromatic N) is 4. The van der Waals surface area contributed by atoms with E-state index < -0.39 is 0 Å². The lowest BCUT2D eigenvalue weighted by Crippen LogP contribution is -2.49. The number of rotatable bonds is 5. The Kier molecular flexibility index (Phi) is 5.15. The zero-order chi connectivity index (χ0) is 16.1. The van der Waals surface area contributed by atoms with Crippen LogP contribution in [0.15, 0.2) is 11.3 Å². The SMILES string of the molecule is CN=C(NCC1(CCO)CCCC1)NC1CCc2ncnn2C1. The number of hydrogen-bond acceptors (Lipinski definition) is 4. The Morgan fingerprint density at radius 1 is 1.48 bits per heavy atom. The molecule has 0 aromatic carbocycles. The highest BCUT2D eigenvalue weighted by Crippen LogP contribution is 2.40. The third kappa shape index (κ3) is 3.83. The van der Waals surface area contributed by atoms with Gasteiger partial charge in [0.2, 0.25) is 0 Å². The van der Waals surface area contributed by atoms with Gasteiger partial charge in [-0.15, -0.1) is 0 Å². The Hall–Kier alpha value is -1.63. The van der Waals surface area contributed by atoms with Crippen molar-refractivity contribution in [1.29, 1.82) is 0 Å². The zero-order valence-corrected chi connectivity index (χ0v) is 14.0. The summed E-state index contributed by atoms with van der Waals surface area (Å²) >= 11 is 0. The van der Waals surface area contributed by atoms with Crippen LogP contribution in [-0.4, -0.2) is 52.1 Å². The number of hydrogen-bond donors (Lipinski definition) is 3. The molecule has 0 amide bonds. The van der Waals surface area contributed by atoms with Gasteiger partial charge in [0.1, 0.15) is 12.2 Å². The van der Waals surface area contributed by atoms with Crippen LogP contribution in [-0.2, 0) is 13.0 Å². The number of aryl methyl sites for hydroxylation is 1. The number of aliphatic hydroxyl groups is 1. The summed E-state index contributed by atoms with van der Waals surface area (Å²) in [6.45, 7) is 1.98. The molecule has 1 aromatic heterocycles. The zero-order valence-electron chi connectivity index (χ0n) is 14.0. The van der Waals surface area contributed by atoms with Gasteiger partial charge in [-0.25, -0.2) is 9.67 Å². The van der Waals surface area contributed by atoms with Gasteiger partial charge in [-0.2, -0.15) is 5.10 Å². The highest BCUT2D eigenvalue weighted by atomic mass is 16.3. The molecule has 1 fully saturated rings. The molecule has 0 spiro atoms. The quantitative estimate of drug-likeness (QED) is 0.549. The molecule has 1 aliphatic carbocycles. The molecule has 7 nitrogen and oxygen atoms in total. The summed E-state index contributed by atoms with van der Waals surface area (Å²) in [5, 5.41) is 20.6. The summed E-state index contributed by atoms with van der Waals surface area (Å²) in [5.41, 5.74) is 0.234. The first kappa shape index (κ1) is 16.2. The predicted octanol–water partition coefficient (Wildman–Crippen LogP) is 0.701. The van der Waals surface area contributed by atoms with Crippen molar-refractivity contribution in [2.24, 2.45) is 10.4 Å². The molecule has 1 aliphatic heterocycles. The van der Waals surface area contributed by atoms with Gasteiger partial charge in [0.25, 0.3) is 0 Å². The van der Waals surface area contributed by atoms with Crippen LogP contribution < -0.4 is 10.6 Å². The van der Waals surface area contributed by atoms with Crippen LogP contribution in [0.1, 0.15) is 44.3 Å². The van der Waals surface area contributed by atoms with Gasteiger partial charge in [0.15, 0.2) is 5.96 Å². The monoisotopic (exact) mass is 320 g/mol. The van der Waals surface area contributed by atoms with Crippen LogP contribution in [0.25, 0.3) is 0 Å². The predicted molar refractivity (Wildman–Crippen MR) is 89.2 cm³/mol. The lowest BCUT2D eigenvalue weighted by molar-refractivity contribution is 0.185. The molecule has 2 heterocycles. The number of aliphatic imine (C=N–C) groups is 1. The Balaban J connectivity index is 1.52. The molecular formula is C16H28N6O. The van der Waals surface area contributed by atoms with Gasteiger partial charge < -0.3 is 15.7 Å². The minimum atomic E-state index is 0.234. The van der Waals surface area contributed by atoms with Crippen molar-refractivity contribution in [2.75, 3.05) is 20.2 Å². The number of guanidine groups is 1. The molecule has 128 valence electrons. The van der Waals surface area contributed by atoms with E-state index in [0.29, 0.717) is 6.04 Å². The molecule has 1 unspecified atom stereocenters. The number of aliphatic hydroxyl groups excluding tert-OH is 1. The van der Waals surface area contributed by atoms with Gasteiger partial charge in [0, 0.05) is 32.7 Å². The second kappa shape index (κ2) is 7.29. The molecular weight excluding hydrogens is 292 g/mol. The molecule has 3 N–H and O–H groups in total. The van der Waals surface area contributed by atoms with Crippen LogP contribution in [0.3, 0.4) is 0 Å². The van der Waals surface area contributed by atoms with Gasteiger partial charge in [0.05, 0.1) is 6.54 Å². The molecule has 7 heteroatoms. The van der Waals surface area contributed by atoms with Crippen molar-refractivity contribution in [1.82, 2.24) is 25.4 Å². The lowest BCUT2D eigenvalue weighted by atomic mass is 9.83. The number of nitrogens with one attached hydrogen (secondary N) is 2. The Bertz CT molecular complexity index is 534. The number of aromatic nitrogens is 3. The van der Waals surface area contributed by atoms with Gasteiger partial charge in [-0.3, -0.25) is 4.99 Å². The van der Waals surface area contributed by atoms with E-state index in [1.807, 2.05) is 11.7 Å². The average Bonchev–Trinajstić information content (AvgIpc) is 3.21. The van der Waals surface area contributed by atoms with Crippen molar-refractivity contribution in [3.63, 3.8) is 0 Å². The summed E-state index contributed by atoms with van der Waals surface area (Å²) < 4.78 is 1.97. The standard InChI is InChI=1S/C16H28N6O/c1-17-15(18-11-16(8-9-23)6-2-3-7-16)21-13-4-5-14-19-12-20-22(14)10-13/h12-13,23H,2-11H2,1H3,(H2,17,18,21). The highest BCUT2D eigenvalue weighted by molar-refractivity contribution is 5.80. The maximum Gasteiger partial charge on any atom is 0.191 e. The minimum absolute atomic E-state index is 0.234. The van der Waals surface area contributed by atoms with Crippen LogP contribution in [0.5, 0.6) is 0 Å². The van der Waals surface area contributed by atoms with Gasteiger partial charge in [-0.05, 0) is 31.1 Å². The average molecular weight is 320 g/mol. The maximum atomic E-state index is 9.36. The van der Waals surface area contributed by atoms with Gasteiger partial charge in [-0.1, -0.05) is 12.8 Å². The Morgan fingerprint density at radius 3 is 3.04 bits per heavy atom. The van der Waals surface area contributed by atoms with E-state index in [1.54, 1.807) is 6.33 Å². The molecule has 2 aliphatic rings. The van der Waals surface area contributed by atoms with Crippen LogP contribution >= 0.6 is 0 Å². The lowest BCUT2D eigenvalue weighted by Gasteiger charge is -2.31. The van der Waals surface area contributed by atoms with Crippen molar-refractivity contribution < 1.29 is 5.11 Å². The van der Waals surface area contributed by atoms with Crippen LogP contribution in [0, 0.1) is 5.41 Å². The minimum Gasteiger partial charge on any atom is -0.396 e. The molecule has 0 bridgehead atoms. The van der Waals surface area contributed by atoms with E-state index in [1.165, 1.54) is 25.7 Å².